The third kappa shape index (κ3) is 5.07. The Morgan fingerprint density at radius 1 is 1.08 bits per heavy atom. The lowest BCUT2D eigenvalue weighted by Gasteiger charge is -2.14. The molecule has 1 atom stereocenters. The van der Waals surface area contributed by atoms with E-state index in [0.29, 0.717) is 18.7 Å². The molecule has 0 saturated heterocycles. The minimum absolute atomic E-state index is 0.00199. The van der Waals surface area contributed by atoms with Gasteiger partial charge < -0.3 is 15.2 Å². The molecular weight excluding hydrogens is 346 g/mol. The second-order valence-electron chi connectivity index (χ2n) is 6.16. The molecule has 0 aliphatic carbocycles. The van der Waals surface area contributed by atoms with Crippen molar-refractivity contribution in [1.82, 2.24) is 5.32 Å². The Hall–Kier alpha value is -2.37. The SMILES string of the molecule is O=C(COc1ccc2ccccc2c1)NCC[C@H](CCO)c1cccs1. The maximum Gasteiger partial charge on any atom is 0.257 e. The van der Waals surface area contributed by atoms with Gasteiger partial charge in [0, 0.05) is 18.0 Å². The molecule has 26 heavy (non-hydrogen) atoms. The zero-order valence-electron chi connectivity index (χ0n) is 14.6. The summed E-state index contributed by atoms with van der Waals surface area (Å²) >= 11 is 1.69. The summed E-state index contributed by atoms with van der Waals surface area (Å²) in [7, 11) is 0. The van der Waals surface area contributed by atoms with E-state index >= 15 is 0 Å². The number of amides is 1. The molecule has 0 unspecified atom stereocenters. The van der Waals surface area contributed by atoms with E-state index in [-0.39, 0.29) is 25.0 Å². The van der Waals surface area contributed by atoms with Crippen LogP contribution in [0.25, 0.3) is 10.8 Å². The predicted octanol–water partition coefficient (Wildman–Crippen LogP) is 3.95. The smallest absolute Gasteiger partial charge is 0.257 e. The lowest BCUT2D eigenvalue weighted by Crippen LogP contribution is -2.30. The minimum atomic E-state index is -0.132. The Morgan fingerprint density at radius 2 is 1.92 bits per heavy atom. The Bertz CT molecular complexity index is 832. The van der Waals surface area contributed by atoms with E-state index in [1.807, 2.05) is 53.9 Å². The second-order valence-corrected chi connectivity index (χ2v) is 7.14. The highest BCUT2D eigenvalue weighted by Crippen LogP contribution is 2.26. The molecule has 2 aromatic carbocycles. The van der Waals surface area contributed by atoms with E-state index in [2.05, 4.69) is 11.4 Å². The van der Waals surface area contributed by atoms with Gasteiger partial charge in [-0.3, -0.25) is 4.79 Å². The van der Waals surface area contributed by atoms with Gasteiger partial charge in [0.1, 0.15) is 5.75 Å². The number of fused-ring (bicyclic) bond motifs is 1. The van der Waals surface area contributed by atoms with Gasteiger partial charge in [0.2, 0.25) is 0 Å². The van der Waals surface area contributed by atoms with Crippen molar-refractivity contribution in [3.8, 4) is 5.75 Å². The maximum atomic E-state index is 12.0. The van der Waals surface area contributed by atoms with Crippen molar-refractivity contribution >= 4 is 28.0 Å². The van der Waals surface area contributed by atoms with Crippen LogP contribution in [-0.2, 0) is 4.79 Å². The van der Waals surface area contributed by atoms with E-state index in [4.69, 9.17) is 4.74 Å². The topological polar surface area (TPSA) is 58.6 Å². The van der Waals surface area contributed by atoms with Crippen LogP contribution < -0.4 is 10.1 Å². The fourth-order valence-electron chi connectivity index (χ4n) is 2.95. The number of carbonyl (C=O) groups excluding carboxylic acids is 1. The molecule has 1 heterocycles. The fourth-order valence-corrected chi connectivity index (χ4v) is 3.85. The largest absolute Gasteiger partial charge is 0.484 e. The summed E-state index contributed by atoms with van der Waals surface area (Å²) < 4.78 is 5.60. The number of thiophene rings is 1. The minimum Gasteiger partial charge on any atom is -0.484 e. The third-order valence-corrected chi connectivity index (χ3v) is 5.36. The van der Waals surface area contributed by atoms with Gasteiger partial charge in [0.05, 0.1) is 0 Å². The molecule has 1 aromatic heterocycles. The summed E-state index contributed by atoms with van der Waals surface area (Å²) in [6, 6.07) is 17.9. The van der Waals surface area contributed by atoms with E-state index in [1.165, 1.54) is 4.88 Å². The van der Waals surface area contributed by atoms with Gasteiger partial charge in [-0.15, -0.1) is 11.3 Å². The van der Waals surface area contributed by atoms with Crippen LogP contribution >= 0.6 is 11.3 Å². The first-order chi connectivity index (χ1) is 12.8. The summed E-state index contributed by atoms with van der Waals surface area (Å²) in [6.07, 6.45) is 1.52. The highest BCUT2D eigenvalue weighted by molar-refractivity contribution is 7.10. The molecule has 3 rings (SSSR count). The first kappa shape index (κ1) is 18.4. The van der Waals surface area contributed by atoms with Crippen LogP contribution in [0, 0.1) is 0 Å². The van der Waals surface area contributed by atoms with E-state index in [9.17, 15) is 9.90 Å². The van der Waals surface area contributed by atoms with Crippen molar-refractivity contribution < 1.29 is 14.6 Å². The molecule has 0 aliphatic heterocycles. The van der Waals surface area contributed by atoms with Gasteiger partial charge in [-0.05, 0) is 53.1 Å². The number of benzene rings is 2. The number of rotatable bonds is 9. The molecule has 136 valence electrons. The van der Waals surface area contributed by atoms with E-state index in [1.54, 1.807) is 11.3 Å². The van der Waals surface area contributed by atoms with Crippen molar-refractivity contribution in [3.63, 3.8) is 0 Å². The normalized spacial score (nSPS) is 12.0. The summed E-state index contributed by atoms with van der Waals surface area (Å²) in [5, 5.41) is 16.4. The third-order valence-electron chi connectivity index (χ3n) is 4.33. The molecule has 0 spiro atoms. The van der Waals surface area contributed by atoms with Crippen LogP contribution in [0.4, 0.5) is 0 Å². The summed E-state index contributed by atoms with van der Waals surface area (Å²) in [4.78, 5) is 13.3. The molecule has 3 aromatic rings. The molecule has 4 nitrogen and oxygen atoms in total. The van der Waals surface area contributed by atoms with Gasteiger partial charge >= 0.3 is 0 Å². The van der Waals surface area contributed by atoms with Crippen LogP contribution in [0.3, 0.4) is 0 Å². The van der Waals surface area contributed by atoms with Crippen LogP contribution in [0.15, 0.2) is 60.0 Å². The van der Waals surface area contributed by atoms with Crippen molar-refractivity contribution in [3.05, 3.63) is 64.9 Å². The van der Waals surface area contributed by atoms with Gasteiger partial charge in [-0.25, -0.2) is 0 Å². The molecule has 0 fully saturated rings. The van der Waals surface area contributed by atoms with Crippen LogP contribution in [0.1, 0.15) is 23.6 Å². The van der Waals surface area contributed by atoms with Crippen LogP contribution in [-0.4, -0.2) is 30.8 Å². The molecule has 0 bridgehead atoms. The molecule has 0 radical (unpaired) electrons. The van der Waals surface area contributed by atoms with Crippen LogP contribution in [0.2, 0.25) is 0 Å². The summed E-state index contributed by atoms with van der Waals surface area (Å²) in [6.45, 7) is 0.728. The first-order valence-corrected chi connectivity index (χ1v) is 9.67. The van der Waals surface area contributed by atoms with Crippen molar-refractivity contribution in [2.75, 3.05) is 19.8 Å². The van der Waals surface area contributed by atoms with Crippen molar-refractivity contribution in [2.45, 2.75) is 18.8 Å². The highest BCUT2D eigenvalue weighted by Gasteiger charge is 2.12. The number of carbonyl (C=O) groups is 1. The summed E-state index contributed by atoms with van der Waals surface area (Å²) in [5.74, 6) is 0.837. The molecule has 0 aliphatic rings. The quantitative estimate of drug-likeness (QED) is 0.600. The maximum absolute atomic E-state index is 12.0. The van der Waals surface area contributed by atoms with Crippen molar-refractivity contribution in [1.29, 1.82) is 0 Å². The predicted molar refractivity (Wildman–Crippen MR) is 106 cm³/mol. The number of aliphatic hydroxyl groups excluding tert-OH is 1. The second kappa shape index (κ2) is 9.36. The first-order valence-electron chi connectivity index (χ1n) is 8.79. The van der Waals surface area contributed by atoms with Crippen LogP contribution in [0.5, 0.6) is 5.75 Å². The Balaban J connectivity index is 1.44. The zero-order chi connectivity index (χ0) is 18.2. The Morgan fingerprint density at radius 3 is 2.69 bits per heavy atom. The van der Waals surface area contributed by atoms with Gasteiger partial charge in [0.25, 0.3) is 5.91 Å². The average Bonchev–Trinajstić information content (AvgIpc) is 3.20. The number of ether oxygens (including phenoxy) is 1. The Labute approximate surface area is 157 Å². The highest BCUT2D eigenvalue weighted by atomic mass is 32.1. The van der Waals surface area contributed by atoms with Crippen molar-refractivity contribution in [2.24, 2.45) is 0 Å². The average molecular weight is 369 g/mol. The lowest BCUT2D eigenvalue weighted by atomic mass is 10.00. The van der Waals surface area contributed by atoms with E-state index < -0.39 is 0 Å². The van der Waals surface area contributed by atoms with E-state index in [0.717, 1.165) is 17.2 Å². The monoisotopic (exact) mass is 369 g/mol. The Kier molecular flexibility index (Phi) is 6.63. The fraction of sp³-hybridized carbons (Fsp3) is 0.286. The molecule has 0 saturated carbocycles. The molecule has 5 heteroatoms. The number of hydrogen-bond acceptors (Lipinski definition) is 4. The molecular formula is C21H23NO3S. The summed E-state index contributed by atoms with van der Waals surface area (Å²) in [5.41, 5.74) is 0. The van der Waals surface area contributed by atoms with Gasteiger partial charge in [-0.1, -0.05) is 36.4 Å². The standard InChI is InChI=1S/C21H23NO3S/c23-12-10-17(20-6-3-13-26-20)9-11-22-21(24)15-25-19-8-7-16-4-1-2-5-18(16)14-19/h1-8,13-14,17,23H,9-12,15H2,(H,22,24)/t17-/m1/s1. The van der Waals surface area contributed by atoms with Gasteiger partial charge in [-0.2, -0.15) is 0 Å². The number of nitrogens with one attached hydrogen (secondary N) is 1. The number of aliphatic hydroxyl groups is 1. The van der Waals surface area contributed by atoms with Gasteiger partial charge in [0.15, 0.2) is 6.61 Å². The zero-order valence-corrected chi connectivity index (χ0v) is 15.4. The molecule has 2 N–H and O–H groups in total. The number of hydrogen-bond donors (Lipinski definition) is 2. The molecule has 1 amide bonds. The lowest BCUT2D eigenvalue weighted by molar-refractivity contribution is -0.123.